The van der Waals surface area contributed by atoms with Crippen LogP contribution in [0, 0.1) is 0 Å². The van der Waals surface area contributed by atoms with Crippen molar-refractivity contribution < 1.29 is 27.5 Å². The number of sulfone groups is 1. The number of methoxy groups -OCH3 is 1. The van der Waals surface area contributed by atoms with Crippen molar-refractivity contribution in [1.82, 2.24) is 4.57 Å². The monoisotopic (exact) mass is 476 g/mol. The van der Waals surface area contributed by atoms with Gasteiger partial charge in [0.1, 0.15) is 12.3 Å². The van der Waals surface area contributed by atoms with Crippen molar-refractivity contribution >= 4 is 43.3 Å². The SMILES string of the molecule is CCOc1ccc2c(c1)sc(=NC(=O)Cc1ccc(S(=O)(=O)CC)cc1)n2CC(=O)OC. The standard InChI is InChI=1S/C22H24N2O6S2/c1-4-30-16-8-11-18-19(13-16)31-22(24(18)14-21(26)29-3)23-20(25)12-15-6-9-17(10-7-15)32(27,28)5-2/h6-11,13H,4-5,12,14H2,1-3H3. The summed E-state index contributed by atoms with van der Waals surface area (Å²) in [6.45, 7) is 3.91. The van der Waals surface area contributed by atoms with Gasteiger partial charge in [0.25, 0.3) is 5.91 Å². The van der Waals surface area contributed by atoms with Crippen LogP contribution >= 0.6 is 11.3 Å². The fourth-order valence-corrected chi connectivity index (χ4v) is 5.00. The Morgan fingerprint density at radius 1 is 1.09 bits per heavy atom. The molecule has 0 fully saturated rings. The average Bonchev–Trinajstić information content (AvgIpc) is 3.10. The van der Waals surface area contributed by atoms with Crippen molar-refractivity contribution in [2.75, 3.05) is 19.5 Å². The zero-order valence-corrected chi connectivity index (χ0v) is 19.7. The summed E-state index contributed by atoms with van der Waals surface area (Å²) in [5.41, 5.74) is 1.39. The van der Waals surface area contributed by atoms with E-state index in [2.05, 4.69) is 4.99 Å². The summed E-state index contributed by atoms with van der Waals surface area (Å²) in [5, 5.41) is 0. The molecule has 3 rings (SSSR count). The van der Waals surface area contributed by atoms with Crippen molar-refractivity contribution in [3.05, 3.63) is 52.8 Å². The molecule has 0 saturated heterocycles. The van der Waals surface area contributed by atoms with Gasteiger partial charge in [-0.2, -0.15) is 4.99 Å². The molecule has 0 aliphatic carbocycles. The van der Waals surface area contributed by atoms with E-state index < -0.39 is 21.7 Å². The third-order valence-electron chi connectivity index (χ3n) is 4.72. The summed E-state index contributed by atoms with van der Waals surface area (Å²) < 4.78 is 36.7. The maximum atomic E-state index is 12.6. The highest BCUT2D eigenvalue weighted by molar-refractivity contribution is 7.91. The van der Waals surface area contributed by atoms with Crippen LogP contribution in [0.3, 0.4) is 0 Å². The van der Waals surface area contributed by atoms with Crippen LogP contribution in [0.1, 0.15) is 19.4 Å². The number of aromatic nitrogens is 1. The molecule has 32 heavy (non-hydrogen) atoms. The first-order chi connectivity index (χ1) is 15.3. The number of hydrogen-bond acceptors (Lipinski definition) is 7. The number of hydrogen-bond donors (Lipinski definition) is 0. The maximum absolute atomic E-state index is 12.6. The molecule has 1 heterocycles. The summed E-state index contributed by atoms with van der Waals surface area (Å²) in [5.74, 6) is -0.171. The van der Waals surface area contributed by atoms with Crippen molar-refractivity contribution in [3.8, 4) is 5.75 Å². The number of carbonyl (C=O) groups is 2. The highest BCUT2D eigenvalue weighted by Crippen LogP contribution is 2.23. The average molecular weight is 477 g/mol. The summed E-state index contributed by atoms with van der Waals surface area (Å²) in [6.07, 6.45) is 0.00309. The number of esters is 1. The lowest BCUT2D eigenvalue weighted by molar-refractivity contribution is -0.141. The summed E-state index contributed by atoms with van der Waals surface area (Å²) in [6, 6.07) is 11.7. The van der Waals surface area contributed by atoms with Gasteiger partial charge in [-0.15, -0.1) is 0 Å². The Labute approximate surface area is 190 Å². The predicted octanol–water partition coefficient (Wildman–Crippen LogP) is 2.74. The second-order valence-electron chi connectivity index (χ2n) is 6.84. The summed E-state index contributed by atoms with van der Waals surface area (Å²) in [7, 11) is -2.00. The Hall–Kier alpha value is -2.98. The summed E-state index contributed by atoms with van der Waals surface area (Å²) >= 11 is 1.27. The third kappa shape index (κ3) is 5.43. The van der Waals surface area contributed by atoms with Crippen LogP contribution in [-0.2, 0) is 37.1 Å². The molecule has 0 saturated carbocycles. The Morgan fingerprint density at radius 2 is 1.81 bits per heavy atom. The molecule has 2 aromatic carbocycles. The largest absolute Gasteiger partial charge is 0.494 e. The second kappa shape index (κ2) is 10.1. The molecule has 0 aliphatic heterocycles. The zero-order chi connectivity index (χ0) is 23.3. The number of carbonyl (C=O) groups excluding carboxylic acids is 2. The molecule has 1 aromatic heterocycles. The van der Waals surface area contributed by atoms with E-state index in [0.717, 1.165) is 10.2 Å². The predicted molar refractivity (Wildman–Crippen MR) is 121 cm³/mol. The third-order valence-corrected chi connectivity index (χ3v) is 7.51. The first kappa shape index (κ1) is 23.7. The van der Waals surface area contributed by atoms with E-state index in [-0.39, 0.29) is 23.6 Å². The van der Waals surface area contributed by atoms with E-state index >= 15 is 0 Å². The highest BCUT2D eigenvalue weighted by atomic mass is 32.2. The van der Waals surface area contributed by atoms with Gasteiger partial charge < -0.3 is 14.0 Å². The van der Waals surface area contributed by atoms with Crippen LogP contribution < -0.4 is 9.54 Å². The maximum Gasteiger partial charge on any atom is 0.325 e. The summed E-state index contributed by atoms with van der Waals surface area (Å²) in [4.78, 5) is 29.4. The van der Waals surface area contributed by atoms with E-state index in [1.165, 1.54) is 30.6 Å². The number of ether oxygens (including phenoxy) is 2. The molecule has 0 atom stereocenters. The topological polar surface area (TPSA) is 104 Å². The lowest BCUT2D eigenvalue weighted by atomic mass is 10.1. The minimum Gasteiger partial charge on any atom is -0.494 e. The van der Waals surface area contributed by atoms with Crippen molar-refractivity contribution in [2.45, 2.75) is 31.7 Å². The Balaban J connectivity index is 1.94. The first-order valence-corrected chi connectivity index (χ1v) is 12.5. The molecule has 1 amide bonds. The van der Waals surface area contributed by atoms with Gasteiger partial charge in [-0.1, -0.05) is 30.4 Å². The van der Waals surface area contributed by atoms with Crippen LogP contribution in [0.15, 0.2) is 52.4 Å². The molecule has 3 aromatic rings. The van der Waals surface area contributed by atoms with Gasteiger partial charge in [-0.3, -0.25) is 9.59 Å². The second-order valence-corrected chi connectivity index (χ2v) is 10.1. The molecule has 170 valence electrons. The number of rotatable bonds is 8. The van der Waals surface area contributed by atoms with Crippen molar-refractivity contribution in [1.29, 1.82) is 0 Å². The van der Waals surface area contributed by atoms with E-state index in [1.807, 2.05) is 19.1 Å². The van der Waals surface area contributed by atoms with Crippen molar-refractivity contribution in [2.24, 2.45) is 4.99 Å². The normalized spacial score (nSPS) is 12.2. The Bertz CT molecular complexity index is 1300. The van der Waals surface area contributed by atoms with Crippen LogP contribution in [0.2, 0.25) is 0 Å². The highest BCUT2D eigenvalue weighted by Gasteiger charge is 2.14. The van der Waals surface area contributed by atoms with Crippen LogP contribution in [0.25, 0.3) is 10.2 Å². The van der Waals surface area contributed by atoms with E-state index in [1.54, 1.807) is 29.7 Å². The smallest absolute Gasteiger partial charge is 0.325 e. The molecule has 0 spiro atoms. The first-order valence-electron chi connectivity index (χ1n) is 9.99. The Morgan fingerprint density at radius 3 is 2.44 bits per heavy atom. The van der Waals surface area contributed by atoms with E-state index in [0.29, 0.717) is 22.7 Å². The molecule has 0 bridgehead atoms. The molecule has 0 N–H and O–H groups in total. The fourth-order valence-electron chi connectivity index (χ4n) is 3.04. The van der Waals surface area contributed by atoms with Crippen molar-refractivity contribution in [3.63, 3.8) is 0 Å². The minimum absolute atomic E-state index is 0.00309. The van der Waals surface area contributed by atoms with E-state index in [9.17, 15) is 18.0 Å². The van der Waals surface area contributed by atoms with Crippen LogP contribution in [0.5, 0.6) is 5.75 Å². The van der Waals surface area contributed by atoms with Gasteiger partial charge >= 0.3 is 5.97 Å². The number of thiazole rings is 1. The minimum atomic E-state index is -3.30. The van der Waals surface area contributed by atoms with Gasteiger partial charge in [-0.25, -0.2) is 8.42 Å². The number of amides is 1. The lowest BCUT2D eigenvalue weighted by Gasteiger charge is -2.05. The zero-order valence-electron chi connectivity index (χ0n) is 18.0. The Kier molecular flexibility index (Phi) is 7.47. The van der Waals surface area contributed by atoms with Gasteiger partial charge in [0, 0.05) is 0 Å². The van der Waals surface area contributed by atoms with Gasteiger partial charge in [0.2, 0.25) is 0 Å². The molecule has 0 aliphatic rings. The van der Waals surface area contributed by atoms with Crippen LogP contribution in [-0.4, -0.2) is 44.3 Å². The van der Waals surface area contributed by atoms with Gasteiger partial charge in [0.05, 0.1) is 41.0 Å². The lowest BCUT2D eigenvalue weighted by Crippen LogP contribution is -2.22. The fraction of sp³-hybridized carbons (Fsp3) is 0.318. The van der Waals surface area contributed by atoms with E-state index in [4.69, 9.17) is 9.47 Å². The quantitative estimate of drug-likeness (QED) is 0.463. The molecule has 0 radical (unpaired) electrons. The van der Waals surface area contributed by atoms with Gasteiger partial charge in [-0.05, 0) is 42.8 Å². The molecule has 10 heteroatoms. The number of nitrogens with zero attached hydrogens (tertiary/aromatic N) is 2. The molecule has 8 nitrogen and oxygen atoms in total. The van der Waals surface area contributed by atoms with Gasteiger partial charge in [0.15, 0.2) is 14.6 Å². The number of benzene rings is 2. The molecular weight excluding hydrogens is 452 g/mol. The molecule has 0 unspecified atom stereocenters. The van der Waals surface area contributed by atoms with Crippen LogP contribution in [0.4, 0.5) is 0 Å². The molecular formula is C22H24N2O6S2. The number of fused-ring (bicyclic) bond motifs is 1.